The highest BCUT2D eigenvalue weighted by Gasteiger charge is 2.27. The summed E-state index contributed by atoms with van der Waals surface area (Å²) in [4.78, 5) is 27.9. The first-order chi connectivity index (χ1) is 10.5. The standard InChI is InChI=1S/C13H21N7OS/c1-6-19(7-2)10(21)9(3)20(8-14)12-16-11(15-4)17-13(18-12)22-5/h9H,6-7H2,1-5H3,(H,15,16,17,18)/t9-/m1/s1. The molecule has 0 aliphatic heterocycles. The van der Waals surface area contributed by atoms with Crippen molar-refractivity contribution in [3.63, 3.8) is 0 Å². The summed E-state index contributed by atoms with van der Waals surface area (Å²) in [5, 5.41) is 12.7. The minimum absolute atomic E-state index is 0.135. The fourth-order valence-corrected chi connectivity index (χ4v) is 2.22. The summed E-state index contributed by atoms with van der Waals surface area (Å²) in [7, 11) is 1.68. The van der Waals surface area contributed by atoms with Crippen LogP contribution in [-0.4, -0.2) is 58.2 Å². The Balaban J connectivity index is 3.15. The number of nitriles is 1. The number of thioether (sulfide) groups is 1. The summed E-state index contributed by atoms with van der Waals surface area (Å²) in [6.45, 7) is 6.66. The summed E-state index contributed by atoms with van der Waals surface area (Å²) in [5.41, 5.74) is 0. The van der Waals surface area contributed by atoms with E-state index in [1.807, 2.05) is 26.3 Å². The number of amides is 1. The highest BCUT2D eigenvalue weighted by atomic mass is 32.2. The van der Waals surface area contributed by atoms with Gasteiger partial charge >= 0.3 is 0 Å². The van der Waals surface area contributed by atoms with Gasteiger partial charge in [0.25, 0.3) is 0 Å². The van der Waals surface area contributed by atoms with Crippen molar-refractivity contribution in [2.75, 3.05) is 36.6 Å². The van der Waals surface area contributed by atoms with Crippen LogP contribution in [0.4, 0.5) is 11.9 Å². The summed E-state index contributed by atoms with van der Waals surface area (Å²) >= 11 is 1.34. The van der Waals surface area contributed by atoms with E-state index in [1.54, 1.807) is 18.9 Å². The number of carbonyl (C=O) groups excluding carboxylic acids is 1. The average molecular weight is 323 g/mol. The van der Waals surface area contributed by atoms with Crippen molar-refractivity contribution in [2.45, 2.75) is 32.0 Å². The van der Waals surface area contributed by atoms with Crippen molar-refractivity contribution in [2.24, 2.45) is 0 Å². The lowest BCUT2D eigenvalue weighted by Gasteiger charge is -2.27. The fraction of sp³-hybridized carbons (Fsp3) is 0.615. The predicted octanol–water partition coefficient (Wildman–Crippen LogP) is 1.18. The third-order valence-electron chi connectivity index (χ3n) is 3.15. The maximum absolute atomic E-state index is 12.4. The van der Waals surface area contributed by atoms with Crippen molar-refractivity contribution < 1.29 is 4.79 Å². The van der Waals surface area contributed by atoms with Crippen LogP contribution in [0.15, 0.2) is 5.16 Å². The zero-order valence-corrected chi connectivity index (χ0v) is 14.3. The lowest BCUT2D eigenvalue weighted by molar-refractivity contribution is -0.131. The maximum atomic E-state index is 12.4. The Kier molecular flexibility index (Phi) is 6.85. The molecule has 0 saturated heterocycles. The van der Waals surface area contributed by atoms with Gasteiger partial charge < -0.3 is 10.2 Å². The van der Waals surface area contributed by atoms with E-state index in [9.17, 15) is 10.1 Å². The number of rotatable bonds is 7. The molecule has 0 fully saturated rings. The highest BCUT2D eigenvalue weighted by molar-refractivity contribution is 7.98. The summed E-state index contributed by atoms with van der Waals surface area (Å²) in [6, 6.07) is -0.674. The minimum atomic E-state index is -0.674. The van der Waals surface area contributed by atoms with E-state index < -0.39 is 6.04 Å². The molecule has 1 atom stereocenters. The van der Waals surface area contributed by atoms with E-state index >= 15 is 0 Å². The second-order valence-electron chi connectivity index (χ2n) is 4.35. The number of nitrogens with one attached hydrogen (secondary N) is 1. The molecule has 0 unspecified atom stereocenters. The van der Waals surface area contributed by atoms with Gasteiger partial charge in [0.2, 0.25) is 17.8 Å². The Labute approximate surface area is 134 Å². The van der Waals surface area contributed by atoms with Crippen molar-refractivity contribution in [1.82, 2.24) is 19.9 Å². The first-order valence-electron chi connectivity index (χ1n) is 6.97. The maximum Gasteiger partial charge on any atom is 0.246 e. The van der Waals surface area contributed by atoms with Crippen LogP contribution >= 0.6 is 11.8 Å². The minimum Gasteiger partial charge on any atom is -0.357 e. The van der Waals surface area contributed by atoms with Crippen molar-refractivity contribution in [3.8, 4) is 6.19 Å². The topological polar surface area (TPSA) is 98.0 Å². The Bertz CT molecular complexity index is 534. The van der Waals surface area contributed by atoms with E-state index in [1.165, 1.54) is 16.7 Å². The molecule has 1 rings (SSSR count). The molecule has 0 saturated carbocycles. The fourth-order valence-electron chi connectivity index (χ4n) is 1.87. The molecule has 1 aromatic rings. The molecular formula is C13H21N7OS. The van der Waals surface area contributed by atoms with Gasteiger partial charge in [-0.3, -0.25) is 4.79 Å². The molecule has 0 aromatic carbocycles. The second kappa shape index (κ2) is 8.38. The van der Waals surface area contributed by atoms with Crippen LogP contribution in [0.25, 0.3) is 0 Å². The van der Waals surface area contributed by atoms with Crippen LogP contribution < -0.4 is 10.2 Å². The molecule has 120 valence electrons. The first kappa shape index (κ1) is 18.0. The van der Waals surface area contributed by atoms with Crippen LogP contribution in [0.2, 0.25) is 0 Å². The van der Waals surface area contributed by atoms with Crippen LogP contribution in [-0.2, 0) is 4.79 Å². The molecule has 0 spiro atoms. The van der Waals surface area contributed by atoms with Gasteiger partial charge in [-0.05, 0) is 27.0 Å². The third-order valence-corrected chi connectivity index (χ3v) is 3.70. The number of likely N-dealkylation sites (N-methyl/N-ethyl adjacent to an activating group) is 1. The first-order valence-corrected chi connectivity index (χ1v) is 8.20. The van der Waals surface area contributed by atoms with Crippen LogP contribution in [0, 0.1) is 11.5 Å². The van der Waals surface area contributed by atoms with Crippen LogP contribution in [0.5, 0.6) is 0 Å². The molecule has 1 amide bonds. The van der Waals surface area contributed by atoms with Gasteiger partial charge in [0, 0.05) is 20.1 Å². The van der Waals surface area contributed by atoms with Gasteiger partial charge in [0.1, 0.15) is 6.04 Å². The molecule has 1 N–H and O–H groups in total. The molecule has 1 heterocycles. The Morgan fingerprint density at radius 3 is 2.45 bits per heavy atom. The smallest absolute Gasteiger partial charge is 0.246 e. The monoisotopic (exact) mass is 323 g/mol. The van der Waals surface area contributed by atoms with Crippen molar-refractivity contribution in [1.29, 1.82) is 5.26 Å². The Morgan fingerprint density at radius 2 is 2.00 bits per heavy atom. The molecule has 0 aliphatic rings. The number of aromatic nitrogens is 3. The largest absolute Gasteiger partial charge is 0.357 e. The van der Waals surface area contributed by atoms with Gasteiger partial charge in [-0.25, -0.2) is 4.90 Å². The summed E-state index contributed by atoms with van der Waals surface area (Å²) < 4.78 is 0. The summed E-state index contributed by atoms with van der Waals surface area (Å²) in [5.74, 6) is 0.389. The normalized spacial score (nSPS) is 11.5. The Morgan fingerprint density at radius 1 is 1.36 bits per heavy atom. The second-order valence-corrected chi connectivity index (χ2v) is 5.13. The Hall–Kier alpha value is -2.08. The number of carbonyl (C=O) groups is 1. The van der Waals surface area contributed by atoms with Gasteiger partial charge in [-0.2, -0.15) is 20.2 Å². The quantitative estimate of drug-likeness (QED) is 0.454. The molecule has 0 radical (unpaired) electrons. The molecule has 9 heteroatoms. The van der Waals surface area contributed by atoms with Crippen molar-refractivity contribution >= 4 is 29.6 Å². The SMILES string of the molecule is CCN(CC)C(=O)[C@@H](C)N(C#N)c1nc(NC)nc(SC)n1. The number of anilines is 2. The van der Waals surface area contributed by atoms with Gasteiger partial charge in [-0.15, -0.1) is 0 Å². The number of nitrogens with zero attached hydrogens (tertiary/aromatic N) is 6. The average Bonchev–Trinajstić information content (AvgIpc) is 2.55. The van der Waals surface area contributed by atoms with Gasteiger partial charge in [-0.1, -0.05) is 11.8 Å². The molecule has 0 bridgehead atoms. The molecule has 22 heavy (non-hydrogen) atoms. The lowest BCUT2D eigenvalue weighted by Crippen LogP contribution is -2.46. The zero-order chi connectivity index (χ0) is 16.7. The highest BCUT2D eigenvalue weighted by Crippen LogP contribution is 2.18. The van der Waals surface area contributed by atoms with Gasteiger partial charge in [0.15, 0.2) is 11.3 Å². The van der Waals surface area contributed by atoms with Gasteiger partial charge in [0.05, 0.1) is 0 Å². The predicted molar refractivity (Wildman–Crippen MR) is 86.6 cm³/mol. The van der Waals surface area contributed by atoms with E-state index in [2.05, 4.69) is 20.3 Å². The number of hydrogen-bond donors (Lipinski definition) is 1. The van der Waals surface area contributed by atoms with E-state index in [4.69, 9.17) is 0 Å². The number of hydrogen-bond acceptors (Lipinski definition) is 8. The molecule has 1 aromatic heterocycles. The summed E-state index contributed by atoms with van der Waals surface area (Å²) in [6.07, 6.45) is 3.83. The van der Waals surface area contributed by atoms with E-state index in [-0.39, 0.29) is 11.9 Å². The molecule has 8 nitrogen and oxygen atoms in total. The van der Waals surface area contributed by atoms with Crippen LogP contribution in [0.3, 0.4) is 0 Å². The molecule has 0 aliphatic carbocycles. The lowest BCUT2D eigenvalue weighted by atomic mass is 10.2. The van der Waals surface area contributed by atoms with Crippen LogP contribution in [0.1, 0.15) is 20.8 Å². The zero-order valence-electron chi connectivity index (χ0n) is 13.5. The molecular weight excluding hydrogens is 302 g/mol. The van der Waals surface area contributed by atoms with E-state index in [0.717, 1.165) is 0 Å². The van der Waals surface area contributed by atoms with E-state index in [0.29, 0.717) is 24.2 Å². The third kappa shape index (κ3) is 3.98. The van der Waals surface area contributed by atoms with Crippen molar-refractivity contribution in [3.05, 3.63) is 0 Å².